The lowest BCUT2D eigenvalue weighted by Crippen LogP contribution is -2.12. The maximum atomic E-state index is 5.28. The van der Waals surface area contributed by atoms with E-state index in [9.17, 15) is 0 Å². The van der Waals surface area contributed by atoms with Crippen LogP contribution in [0.25, 0.3) is 89.4 Å². The van der Waals surface area contributed by atoms with E-state index >= 15 is 0 Å². The Morgan fingerprint density at radius 3 is 1.23 bits per heavy atom. The van der Waals surface area contributed by atoms with Crippen molar-refractivity contribution in [1.29, 1.82) is 0 Å². The lowest BCUT2D eigenvalue weighted by atomic mass is 9.94. The largest absolute Gasteiger partial charge is 0.310 e. The van der Waals surface area contributed by atoms with Crippen LogP contribution in [0.15, 0.2) is 206 Å². The third kappa shape index (κ3) is 6.55. The molecule has 1 heterocycles. The minimum Gasteiger partial charge on any atom is -0.310 e. The van der Waals surface area contributed by atoms with Gasteiger partial charge in [0.05, 0.1) is 5.69 Å². The second-order valence-corrected chi connectivity index (χ2v) is 15.8. The molecule has 0 saturated carbocycles. The van der Waals surface area contributed by atoms with Crippen molar-refractivity contribution in [2.75, 3.05) is 4.90 Å². The van der Waals surface area contributed by atoms with Crippen molar-refractivity contribution in [2.45, 2.75) is 13.8 Å². The molecule has 1 aliphatic carbocycles. The van der Waals surface area contributed by atoms with E-state index in [0.717, 1.165) is 44.9 Å². The van der Waals surface area contributed by atoms with Gasteiger partial charge >= 0.3 is 0 Å². The van der Waals surface area contributed by atoms with E-state index < -0.39 is 0 Å². The molecule has 0 aliphatic heterocycles. The number of aryl methyl sites for hydroxylation is 2. The monoisotopic (exact) mass is 780 g/mol. The minimum absolute atomic E-state index is 0.639. The van der Waals surface area contributed by atoms with Gasteiger partial charge in [-0.15, -0.1) is 0 Å². The Bertz CT molecular complexity index is 3060. The second kappa shape index (κ2) is 15.0. The second-order valence-electron chi connectivity index (χ2n) is 15.8. The average molecular weight is 781 g/mol. The van der Waals surface area contributed by atoms with E-state index in [1.54, 1.807) is 0 Å². The van der Waals surface area contributed by atoms with E-state index in [1.165, 1.54) is 55.3 Å². The number of anilines is 3. The van der Waals surface area contributed by atoms with Crippen LogP contribution in [0.2, 0.25) is 0 Å². The van der Waals surface area contributed by atoms with Gasteiger partial charge in [0.1, 0.15) is 0 Å². The summed E-state index contributed by atoms with van der Waals surface area (Å²) in [7, 11) is 0. The van der Waals surface area contributed by atoms with Crippen LogP contribution in [0.5, 0.6) is 0 Å². The van der Waals surface area contributed by atoms with Crippen molar-refractivity contribution >= 4 is 27.8 Å². The van der Waals surface area contributed by atoms with E-state index in [0.29, 0.717) is 17.5 Å². The first-order chi connectivity index (χ1) is 30.1. The molecule has 9 aromatic carbocycles. The third-order valence-electron chi connectivity index (χ3n) is 11.8. The molecule has 61 heavy (non-hydrogen) atoms. The van der Waals surface area contributed by atoms with Crippen LogP contribution in [0.3, 0.4) is 0 Å². The predicted molar refractivity (Wildman–Crippen MR) is 253 cm³/mol. The molecule has 0 bridgehead atoms. The highest BCUT2D eigenvalue weighted by atomic mass is 15.1. The van der Waals surface area contributed by atoms with Crippen molar-refractivity contribution in [3.8, 4) is 78.7 Å². The molecule has 0 saturated heterocycles. The number of hydrogen-bond donors (Lipinski definition) is 0. The van der Waals surface area contributed by atoms with Gasteiger partial charge in [-0.2, -0.15) is 0 Å². The Morgan fingerprint density at radius 1 is 0.311 bits per heavy atom. The molecular weight excluding hydrogens is 741 g/mol. The summed E-state index contributed by atoms with van der Waals surface area (Å²) in [5.41, 5.74) is 17.8. The molecule has 4 nitrogen and oxygen atoms in total. The molecule has 0 atom stereocenters. The zero-order chi connectivity index (χ0) is 40.9. The Labute approximate surface area is 356 Å². The highest BCUT2D eigenvalue weighted by Gasteiger charge is 2.31. The smallest absolute Gasteiger partial charge is 0.164 e. The number of benzene rings is 9. The van der Waals surface area contributed by atoms with E-state index in [2.05, 4.69) is 225 Å². The van der Waals surface area contributed by atoms with Gasteiger partial charge in [-0.3, -0.25) is 0 Å². The summed E-state index contributed by atoms with van der Waals surface area (Å²) < 4.78 is 0. The van der Waals surface area contributed by atoms with Crippen LogP contribution in [0.4, 0.5) is 17.1 Å². The lowest BCUT2D eigenvalue weighted by molar-refractivity contribution is 1.07. The normalized spacial score (nSPS) is 11.4. The van der Waals surface area contributed by atoms with Gasteiger partial charge < -0.3 is 4.90 Å². The molecule has 1 aliphatic rings. The van der Waals surface area contributed by atoms with Crippen molar-refractivity contribution < 1.29 is 0 Å². The first kappa shape index (κ1) is 36.2. The van der Waals surface area contributed by atoms with Gasteiger partial charge in [-0.25, -0.2) is 15.0 Å². The third-order valence-corrected chi connectivity index (χ3v) is 11.8. The summed E-state index contributed by atoms with van der Waals surface area (Å²) >= 11 is 0. The number of aromatic nitrogens is 3. The lowest BCUT2D eigenvalue weighted by Gasteiger charge is -2.29. The van der Waals surface area contributed by atoms with Crippen molar-refractivity contribution in [3.05, 3.63) is 217 Å². The first-order valence-corrected chi connectivity index (χ1v) is 20.8. The van der Waals surface area contributed by atoms with Gasteiger partial charge in [0.15, 0.2) is 17.5 Å². The number of hydrogen-bond acceptors (Lipinski definition) is 4. The highest BCUT2D eigenvalue weighted by molar-refractivity contribution is 6.21. The number of fused-ring (bicyclic) bond motifs is 3. The maximum absolute atomic E-state index is 5.28. The van der Waals surface area contributed by atoms with Crippen LogP contribution < -0.4 is 4.90 Å². The van der Waals surface area contributed by atoms with Crippen molar-refractivity contribution in [2.24, 2.45) is 0 Å². The summed E-state index contributed by atoms with van der Waals surface area (Å²) in [6, 6.07) is 73.6. The van der Waals surface area contributed by atoms with Crippen LogP contribution in [-0.2, 0) is 0 Å². The standard InChI is InChI=1S/C57H40N4/c1-37-19-23-44(24-20-37)55-58-56(45-25-21-38(2)22-26-45)60-57(59-55)50-35-36-51(54-49-18-10-16-43-15-9-17-48(52(43)49)53(50)54)61(46-31-27-41(28-32-46)39-11-5-3-6-12-39)47-33-29-42(30-34-47)40-13-7-4-8-14-40/h3-36H,1-2H3. The summed E-state index contributed by atoms with van der Waals surface area (Å²) in [6.45, 7) is 4.20. The Balaban J connectivity index is 1.15. The minimum atomic E-state index is 0.639. The molecule has 0 fully saturated rings. The van der Waals surface area contributed by atoms with Crippen LogP contribution in [0.1, 0.15) is 11.1 Å². The average Bonchev–Trinajstić information content (AvgIpc) is 3.66. The molecular formula is C57H40N4. The van der Waals surface area contributed by atoms with Gasteiger partial charge in [-0.1, -0.05) is 181 Å². The van der Waals surface area contributed by atoms with Crippen LogP contribution in [-0.4, -0.2) is 15.0 Å². The zero-order valence-electron chi connectivity index (χ0n) is 33.9. The fourth-order valence-electron chi connectivity index (χ4n) is 8.73. The van der Waals surface area contributed by atoms with E-state index in [4.69, 9.17) is 15.0 Å². The summed E-state index contributed by atoms with van der Waals surface area (Å²) in [4.78, 5) is 18.1. The molecule has 0 unspecified atom stereocenters. The molecule has 288 valence electrons. The zero-order valence-corrected chi connectivity index (χ0v) is 33.9. The van der Waals surface area contributed by atoms with E-state index in [1.807, 2.05) is 0 Å². The first-order valence-electron chi connectivity index (χ1n) is 20.8. The van der Waals surface area contributed by atoms with Gasteiger partial charge in [0.2, 0.25) is 0 Å². The molecule has 0 radical (unpaired) electrons. The Kier molecular flexibility index (Phi) is 8.90. The van der Waals surface area contributed by atoms with Gasteiger partial charge in [0.25, 0.3) is 0 Å². The fraction of sp³-hybridized carbons (Fsp3) is 0.0351. The van der Waals surface area contributed by atoms with Gasteiger partial charge in [-0.05, 0) is 94.4 Å². The molecule has 0 amide bonds. The Hall–Kier alpha value is -7.95. The van der Waals surface area contributed by atoms with Crippen molar-refractivity contribution in [3.63, 3.8) is 0 Å². The SMILES string of the molecule is Cc1ccc(-c2nc(-c3ccc(C)cc3)nc(-c3ccc(N(c4ccc(-c5ccccc5)cc4)c4ccc(-c5ccccc5)cc4)c4c3-c3cccc5cccc-4c35)n2)cc1. The van der Waals surface area contributed by atoms with Crippen LogP contribution in [0, 0.1) is 13.8 Å². The fourth-order valence-corrected chi connectivity index (χ4v) is 8.73. The molecule has 0 spiro atoms. The van der Waals surface area contributed by atoms with Crippen molar-refractivity contribution in [1.82, 2.24) is 15.0 Å². The Morgan fingerprint density at radius 2 is 0.738 bits per heavy atom. The van der Waals surface area contributed by atoms with Crippen LogP contribution >= 0.6 is 0 Å². The number of rotatable bonds is 8. The molecule has 10 aromatic rings. The highest BCUT2D eigenvalue weighted by Crippen LogP contribution is 2.56. The summed E-state index contributed by atoms with van der Waals surface area (Å²) in [6.07, 6.45) is 0. The molecule has 11 rings (SSSR count). The topological polar surface area (TPSA) is 41.9 Å². The molecule has 0 N–H and O–H groups in total. The number of nitrogens with zero attached hydrogens (tertiary/aromatic N) is 4. The molecule has 4 heteroatoms. The quantitative estimate of drug-likeness (QED) is 0.154. The van der Waals surface area contributed by atoms with E-state index in [-0.39, 0.29) is 0 Å². The van der Waals surface area contributed by atoms with Gasteiger partial charge in [0, 0.05) is 39.2 Å². The maximum Gasteiger partial charge on any atom is 0.164 e. The predicted octanol–water partition coefficient (Wildman–Crippen LogP) is 15.1. The molecule has 1 aromatic heterocycles. The summed E-state index contributed by atoms with van der Waals surface area (Å²) in [5, 5.41) is 2.43. The summed E-state index contributed by atoms with van der Waals surface area (Å²) in [5.74, 6) is 1.93.